The number of fused-ring (bicyclic) bond motifs is 1. The number of aliphatic hydroxyl groups excluding tert-OH is 1. The highest BCUT2D eigenvalue weighted by Crippen LogP contribution is 2.23. The van der Waals surface area contributed by atoms with Gasteiger partial charge >= 0.3 is 12.1 Å². The van der Waals surface area contributed by atoms with Gasteiger partial charge in [0, 0.05) is 24.2 Å². The SMILES string of the molecule is Cc1ccc([C@@H](O)CNC(C)c2cccc3ncccc23)cc1.O=C(O)C(F)(F)F. The summed E-state index contributed by atoms with van der Waals surface area (Å²) in [6.45, 7) is 4.68. The molecule has 1 aromatic heterocycles. The van der Waals surface area contributed by atoms with Crippen LogP contribution < -0.4 is 5.32 Å². The predicted octanol–water partition coefficient (Wildman–Crippen LogP) is 4.56. The van der Waals surface area contributed by atoms with Gasteiger partial charge in [-0.05, 0) is 37.1 Å². The summed E-state index contributed by atoms with van der Waals surface area (Å²) < 4.78 is 31.7. The molecule has 2 aromatic carbocycles. The van der Waals surface area contributed by atoms with Crippen LogP contribution >= 0.6 is 0 Å². The number of rotatable bonds is 5. The summed E-state index contributed by atoms with van der Waals surface area (Å²) in [6.07, 6.45) is -3.78. The van der Waals surface area contributed by atoms with Crippen molar-refractivity contribution >= 4 is 16.9 Å². The zero-order valence-electron chi connectivity index (χ0n) is 16.5. The Morgan fingerprint density at radius 3 is 2.33 bits per heavy atom. The second kappa shape index (κ2) is 10.2. The number of pyridine rings is 1. The van der Waals surface area contributed by atoms with Crippen molar-refractivity contribution in [2.24, 2.45) is 0 Å². The van der Waals surface area contributed by atoms with E-state index in [0.717, 1.165) is 16.5 Å². The number of aromatic nitrogens is 1. The van der Waals surface area contributed by atoms with Crippen molar-refractivity contribution in [1.29, 1.82) is 0 Å². The maximum atomic E-state index is 10.6. The number of carboxylic acids is 1. The summed E-state index contributed by atoms with van der Waals surface area (Å²) in [5.41, 5.74) is 4.34. The molecule has 1 heterocycles. The average Bonchev–Trinajstić information content (AvgIpc) is 2.71. The van der Waals surface area contributed by atoms with Crippen LogP contribution in [0.3, 0.4) is 0 Å². The summed E-state index contributed by atoms with van der Waals surface area (Å²) in [4.78, 5) is 13.3. The van der Waals surface area contributed by atoms with Gasteiger partial charge in [-0.1, -0.05) is 48.0 Å². The van der Waals surface area contributed by atoms with E-state index in [1.165, 1.54) is 11.1 Å². The molecule has 0 radical (unpaired) electrons. The van der Waals surface area contributed by atoms with Crippen LogP contribution in [0.5, 0.6) is 0 Å². The minimum atomic E-state index is -5.08. The number of nitrogens with one attached hydrogen (secondary N) is 1. The molecule has 0 saturated carbocycles. The maximum absolute atomic E-state index is 10.6. The molecule has 0 aliphatic heterocycles. The quantitative estimate of drug-likeness (QED) is 0.564. The number of carboxylic acid groups (broad SMARTS) is 1. The lowest BCUT2D eigenvalue weighted by Crippen LogP contribution is -2.24. The number of hydrogen-bond donors (Lipinski definition) is 3. The summed E-state index contributed by atoms with van der Waals surface area (Å²) in [5.74, 6) is -2.76. The lowest BCUT2D eigenvalue weighted by molar-refractivity contribution is -0.192. The number of benzene rings is 2. The third-order valence-electron chi connectivity index (χ3n) is 4.47. The molecule has 2 atom stereocenters. The van der Waals surface area contributed by atoms with Crippen LogP contribution in [-0.2, 0) is 4.79 Å². The molecule has 160 valence electrons. The molecule has 30 heavy (non-hydrogen) atoms. The van der Waals surface area contributed by atoms with Crippen molar-refractivity contribution < 1.29 is 28.2 Å². The van der Waals surface area contributed by atoms with Crippen LogP contribution in [0.1, 0.15) is 35.8 Å². The molecule has 0 fully saturated rings. The first-order valence-electron chi connectivity index (χ1n) is 9.21. The van der Waals surface area contributed by atoms with Crippen molar-refractivity contribution in [3.8, 4) is 0 Å². The summed E-state index contributed by atoms with van der Waals surface area (Å²) >= 11 is 0. The first kappa shape index (κ1) is 23.3. The zero-order valence-corrected chi connectivity index (χ0v) is 16.5. The monoisotopic (exact) mass is 420 g/mol. The molecular weight excluding hydrogens is 397 g/mol. The minimum absolute atomic E-state index is 0.142. The van der Waals surface area contributed by atoms with Gasteiger partial charge in [0.2, 0.25) is 0 Å². The summed E-state index contributed by atoms with van der Waals surface area (Å²) in [7, 11) is 0. The topological polar surface area (TPSA) is 82.5 Å². The molecule has 0 saturated heterocycles. The number of hydrogen-bond acceptors (Lipinski definition) is 4. The van der Waals surface area contributed by atoms with E-state index in [1.54, 1.807) is 0 Å². The molecule has 3 aromatic rings. The molecule has 0 aliphatic carbocycles. The number of halogens is 3. The Hall–Kier alpha value is -2.97. The van der Waals surface area contributed by atoms with Crippen molar-refractivity contribution in [3.05, 3.63) is 77.5 Å². The second-order valence-corrected chi connectivity index (χ2v) is 6.78. The molecule has 0 bridgehead atoms. The van der Waals surface area contributed by atoms with E-state index in [9.17, 15) is 18.3 Å². The van der Waals surface area contributed by atoms with E-state index in [4.69, 9.17) is 9.90 Å². The minimum Gasteiger partial charge on any atom is -0.475 e. The van der Waals surface area contributed by atoms with E-state index in [1.807, 2.05) is 55.6 Å². The van der Waals surface area contributed by atoms with Gasteiger partial charge in [-0.3, -0.25) is 4.98 Å². The molecule has 0 amide bonds. The van der Waals surface area contributed by atoms with Crippen molar-refractivity contribution in [2.45, 2.75) is 32.2 Å². The van der Waals surface area contributed by atoms with Crippen molar-refractivity contribution in [3.63, 3.8) is 0 Å². The molecule has 0 aliphatic rings. The van der Waals surface area contributed by atoms with E-state index in [-0.39, 0.29) is 6.04 Å². The third kappa shape index (κ3) is 6.53. The Balaban J connectivity index is 0.000000396. The largest absolute Gasteiger partial charge is 0.490 e. The fourth-order valence-corrected chi connectivity index (χ4v) is 2.81. The van der Waals surface area contributed by atoms with E-state index in [2.05, 4.69) is 29.4 Å². The van der Waals surface area contributed by atoms with Crippen molar-refractivity contribution in [1.82, 2.24) is 10.3 Å². The fraction of sp³-hybridized carbons (Fsp3) is 0.273. The van der Waals surface area contributed by atoms with Gasteiger partial charge in [-0.2, -0.15) is 13.2 Å². The van der Waals surface area contributed by atoms with Crippen LogP contribution in [0.2, 0.25) is 0 Å². The van der Waals surface area contributed by atoms with Crippen LogP contribution in [0, 0.1) is 6.92 Å². The number of aliphatic carboxylic acids is 1. The number of nitrogens with zero attached hydrogens (tertiary/aromatic N) is 1. The molecular formula is C22H23F3N2O3. The Bertz CT molecular complexity index is 970. The lowest BCUT2D eigenvalue weighted by atomic mass is 10.0. The Labute approximate surface area is 172 Å². The van der Waals surface area contributed by atoms with Gasteiger partial charge in [0.05, 0.1) is 11.6 Å². The first-order chi connectivity index (χ1) is 14.1. The summed E-state index contributed by atoms with van der Waals surface area (Å²) in [6, 6.07) is 18.4. The normalized spacial score (nSPS) is 13.3. The summed E-state index contributed by atoms with van der Waals surface area (Å²) in [5, 5.41) is 22.0. The highest BCUT2D eigenvalue weighted by atomic mass is 19.4. The van der Waals surface area contributed by atoms with Gasteiger partial charge in [-0.25, -0.2) is 4.79 Å². The molecule has 8 heteroatoms. The molecule has 3 N–H and O–H groups in total. The molecule has 0 spiro atoms. The average molecular weight is 420 g/mol. The van der Waals surface area contributed by atoms with Crippen LogP contribution in [0.15, 0.2) is 60.8 Å². The van der Waals surface area contributed by atoms with E-state index >= 15 is 0 Å². The fourth-order valence-electron chi connectivity index (χ4n) is 2.81. The lowest BCUT2D eigenvalue weighted by Gasteiger charge is -2.19. The molecule has 1 unspecified atom stereocenters. The van der Waals surface area contributed by atoms with Crippen LogP contribution in [0.25, 0.3) is 10.9 Å². The second-order valence-electron chi connectivity index (χ2n) is 6.78. The highest BCUT2D eigenvalue weighted by Gasteiger charge is 2.38. The number of aliphatic hydroxyl groups is 1. The third-order valence-corrected chi connectivity index (χ3v) is 4.47. The molecule has 3 rings (SSSR count). The maximum Gasteiger partial charge on any atom is 0.490 e. The van der Waals surface area contributed by atoms with Gasteiger partial charge < -0.3 is 15.5 Å². The first-order valence-corrected chi connectivity index (χ1v) is 9.21. The molecule has 5 nitrogen and oxygen atoms in total. The standard InChI is InChI=1S/C20H22N2O.C2HF3O2/c1-14-8-10-16(11-9-14)20(23)13-22-15(2)17-5-3-7-19-18(17)6-4-12-21-19;3-2(4,5)1(6)7/h3-12,15,20,22-23H,13H2,1-2H3;(H,6,7)/t15?,20-;/m0./s1. The zero-order chi connectivity index (χ0) is 22.3. The van der Waals surface area contributed by atoms with Gasteiger partial charge in [-0.15, -0.1) is 0 Å². The Kier molecular flexibility index (Phi) is 7.91. The predicted molar refractivity (Wildman–Crippen MR) is 108 cm³/mol. The van der Waals surface area contributed by atoms with E-state index in [0.29, 0.717) is 6.54 Å². The number of alkyl halides is 3. The van der Waals surface area contributed by atoms with Crippen LogP contribution in [-0.4, -0.2) is 33.9 Å². The number of carbonyl (C=O) groups is 1. The van der Waals surface area contributed by atoms with Crippen LogP contribution in [0.4, 0.5) is 13.2 Å². The number of aryl methyl sites for hydroxylation is 1. The highest BCUT2D eigenvalue weighted by molar-refractivity contribution is 5.82. The van der Waals surface area contributed by atoms with Gasteiger partial charge in [0.1, 0.15) is 0 Å². The van der Waals surface area contributed by atoms with Crippen molar-refractivity contribution in [2.75, 3.05) is 6.54 Å². The Morgan fingerprint density at radius 2 is 1.73 bits per heavy atom. The van der Waals surface area contributed by atoms with E-state index < -0.39 is 18.2 Å². The van der Waals surface area contributed by atoms with Gasteiger partial charge in [0.25, 0.3) is 0 Å². The Morgan fingerprint density at radius 1 is 1.10 bits per heavy atom. The van der Waals surface area contributed by atoms with Gasteiger partial charge in [0.15, 0.2) is 0 Å². The smallest absolute Gasteiger partial charge is 0.475 e.